The maximum atomic E-state index is 12.4. The van der Waals surface area contributed by atoms with E-state index in [-0.39, 0.29) is 10.9 Å². The van der Waals surface area contributed by atoms with E-state index in [1.807, 2.05) is 29.6 Å². The Labute approximate surface area is 168 Å². The zero-order chi connectivity index (χ0) is 19.0. The molecule has 0 aliphatic rings. The van der Waals surface area contributed by atoms with E-state index in [9.17, 15) is 4.79 Å². The third kappa shape index (κ3) is 3.51. The quantitative estimate of drug-likeness (QED) is 0.433. The Morgan fingerprint density at radius 1 is 1.22 bits per heavy atom. The van der Waals surface area contributed by atoms with Crippen molar-refractivity contribution in [1.82, 2.24) is 4.98 Å². The van der Waals surface area contributed by atoms with Crippen LogP contribution < -0.4 is 10.1 Å². The highest BCUT2D eigenvalue weighted by molar-refractivity contribution is 7.14. The molecule has 136 valence electrons. The molecule has 0 unspecified atom stereocenters. The van der Waals surface area contributed by atoms with Gasteiger partial charge in [-0.2, -0.15) is 0 Å². The molecule has 2 aromatic heterocycles. The predicted molar refractivity (Wildman–Crippen MR) is 108 cm³/mol. The highest BCUT2D eigenvalue weighted by Gasteiger charge is 2.16. The van der Waals surface area contributed by atoms with Crippen molar-refractivity contribution in [3.63, 3.8) is 0 Å². The number of fused-ring (bicyclic) bond motifs is 1. The molecule has 8 heteroatoms. The van der Waals surface area contributed by atoms with Crippen LogP contribution >= 0.6 is 34.5 Å². The summed E-state index contributed by atoms with van der Waals surface area (Å²) in [6, 6.07) is 12.2. The number of thiazole rings is 1. The molecule has 0 bridgehead atoms. The molecule has 4 rings (SSSR count). The number of aromatic nitrogens is 1. The van der Waals surface area contributed by atoms with Gasteiger partial charge >= 0.3 is 0 Å². The fourth-order valence-electron chi connectivity index (χ4n) is 2.61. The van der Waals surface area contributed by atoms with Gasteiger partial charge in [0, 0.05) is 15.8 Å². The van der Waals surface area contributed by atoms with Crippen LogP contribution in [0.25, 0.3) is 22.4 Å². The predicted octanol–water partition coefficient (Wildman–Crippen LogP) is 6.12. The minimum atomic E-state index is -0.358. The first-order valence-electron chi connectivity index (χ1n) is 7.84. The Balaban J connectivity index is 1.59. The van der Waals surface area contributed by atoms with Gasteiger partial charge in [-0.25, -0.2) is 4.98 Å². The number of amides is 1. The largest absolute Gasteiger partial charge is 0.493 e. The second kappa shape index (κ2) is 7.23. The Morgan fingerprint density at radius 3 is 2.85 bits per heavy atom. The summed E-state index contributed by atoms with van der Waals surface area (Å²) >= 11 is 13.2. The summed E-state index contributed by atoms with van der Waals surface area (Å²) < 4.78 is 11.2. The first-order valence-corrected chi connectivity index (χ1v) is 9.47. The van der Waals surface area contributed by atoms with Crippen molar-refractivity contribution >= 4 is 56.5 Å². The highest BCUT2D eigenvalue weighted by Crippen LogP contribution is 2.34. The summed E-state index contributed by atoms with van der Waals surface area (Å²) in [5.74, 6) is 0.888. The van der Waals surface area contributed by atoms with E-state index in [0.717, 1.165) is 5.39 Å². The molecule has 0 aliphatic carbocycles. The second-order valence-electron chi connectivity index (χ2n) is 5.61. The van der Waals surface area contributed by atoms with Crippen molar-refractivity contribution in [2.45, 2.75) is 0 Å². The number of halogens is 2. The standard InChI is InChI=1S/C19H12Cl2N2O3S/c1-25-15-4-2-3-10-7-16(26-17(10)15)14-9-27-19(22-14)23-18(24)12-6-5-11(20)8-13(12)21/h2-9H,1H3,(H,22,23,24). The van der Waals surface area contributed by atoms with E-state index in [1.165, 1.54) is 17.4 Å². The third-order valence-electron chi connectivity index (χ3n) is 3.88. The summed E-state index contributed by atoms with van der Waals surface area (Å²) in [6.07, 6.45) is 0. The van der Waals surface area contributed by atoms with E-state index in [4.69, 9.17) is 32.4 Å². The number of benzene rings is 2. The number of para-hydroxylation sites is 1. The van der Waals surface area contributed by atoms with Crippen molar-refractivity contribution in [2.24, 2.45) is 0 Å². The molecular formula is C19H12Cl2N2O3S. The van der Waals surface area contributed by atoms with Crippen molar-refractivity contribution < 1.29 is 13.9 Å². The Hall–Kier alpha value is -2.54. The molecule has 27 heavy (non-hydrogen) atoms. The van der Waals surface area contributed by atoms with Crippen LogP contribution in [0.15, 0.2) is 52.3 Å². The van der Waals surface area contributed by atoms with E-state index in [1.54, 1.807) is 19.2 Å². The van der Waals surface area contributed by atoms with Crippen LogP contribution in [0.2, 0.25) is 10.0 Å². The minimum Gasteiger partial charge on any atom is -0.493 e. The van der Waals surface area contributed by atoms with Gasteiger partial charge in [0.1, 0.15) is 5.69 Å². The fraction of sp³-hybridized carbons (Fsp3) is 0.0526. The topological polar surface area (TPSA) is 64.4 Å². The molecule has 0 saturated carbocycles. The normalized spacial score (nSPS) is 10.9. The zero-order valence-corrected chi connectivity index (χ0v) is 16.3. The number of carbonyl (C=O) groups excluding carboxylic acids is 1. The van der Waals surface area contributed by atoms with Crippen LogP contribution in [0, 0.1) is 0 Å². The number of furan rings is 1. The van der Waals surface area contributed by atoms with Crippen LogP contribution in [0.3, 0.4) is 0 Å². The zero-order valence-electron chi connectivity index (χ0n) is 14.0. The molecule has 1 N–H and O–H groups in total. The summed E-state index contributed by atoms with van der Waals surface area (Å²) in [6.45, 7) is 0. The maximum absolute atomic E-state index is 12.4. The molecule has 0 fully saturated rings. The number of anilines is 1. The summed E-state index contributed by atoms with van der Waals surface area (Å²) in [5.41, 5.74) is 1.60. The second-order valence-corrected chi connectivity index (χ2v) is 7.31. The van der Waals surface area contributed by atoms with E-state index in [2.05, 4.69) is 10.3 Å². The van der Waals surface area contributed by atoms with Crippen LogP contribution in [0.1, 0.15) is 10.4 Å². The number of nitrogens with one attached hydrogen (secondary N) is 1. The molecule has 0 saturated heterocycles. The molecule has 1 amide bonds. The average Bonchev–Trinajstić information content (AvgIpc) is 3.27. The third-order valence-corrected chi connectivity index (χ3v) is 5.19. The lowest BCUT2D eigenvalue weighted by Crippen LogP contribution is -2.12. The Morgan fingerprint density at radius 2 is 2.07 bits per heavy atom. The van der Waals surface area contributed by atoms with Crippen LogP contribution in [-0.4, -0.2) is 18.0 Å². The number of ether oxygens (including phenoxy) is 1. The van der Waals surface area contributed by atoms with Crippen molar-refractivity contribution in [3.8, 4) is 17.2 Å². The molecule has 5 nitrogen and oxygen atoms in total. The summed E-state index contributed by atoms with van der Waals surface area (Å²) in [5, 5.41) is 6.64. The van der Waals surface area contributed by atoms with Gasteiger partial charge in [0.05, 0.1) is 17.7 Å². The molecule has 2 aromatic carbocycles. The van der Waals surface area contributed by atoms with Gasteiger partial charge < -0.3 is 9.15 Å². The minimum absolute atomic E-state index is 0.279. The van der Waals surface area contributed by atoms with Crippen LogP contribution in [-0.2, 0) is 0 Å². The van der Waals surface area contributed by atoms with Crippen molar-refractivity contribution in [3.05, 3.63) is 63.5 Å². The Kier molecular flexibility index (Phi) is 4.78. The van der Waals surface area contributed by atoms with Gasteiger partial charge in [-0.05, 0) is 30.3 Å². The first-order chi connectivity index (χ1) is 13.0. The molecule has 0 radical (unpaired) electrons. The molecule has 0 spiro atoms. The van der Waals surface area contributed by atoms with Gasteiger partial charge in [-0.3, -0.25) is 10.1 Å². The maximum Gasteiger partial charge on any atom is 0.258 e. The lowest BCUT2D eigenvalue weighted by Gasteiger charge is -2.04. The average molecular weight is 419 g/mol. The Bertz CT molecular complexity index is 1150. The highest BCUT2D eigenvalue weighted by atomic mass is 35.5. The van der Waals surface area contributed by atoms with Crippen molar-refractivity contribution in [2.75, 3.05) is 12.4 Å². The van der Waals surface area contributed by atoms with Gasteiger partial charge in [0.15, 0.2) is 22.2 Å². The summed E-state index contributed by atoms with van der Waals surface area (Å²) in [4.78, 5) is 16.8. The van der Waals surface area contributed by atoms with E-state index < -0.39 is 0 Å². The number of rotatable bonds is 4. The molecular weight excluding hydrogens is 407 g/mol. The van der Waals surface area contributed by atoms with Gasteiger partial charge in [-0.1, -0.05) is 35.3 Å². The summed E-state index contributed by atoms with van der Waals surface area (Å²) in [7, 11) is 1.59. The van der Waals surface area contributed by atoms with Gasteiger partial charge in [0.2, 0.25) is 0 Å². The molecule has 0 aliphatic heterocycles. The number of nitrogens with zero attached hydrogens (tertiary/aromatic N) is 1. The smallest absolute Gasteiger partial charge is 0.258 e. The van der Waals surface area contributed by atoms with Crippen LogP contribution in [0.5, 0.6) is 5.75 Å². The lowest BCUT2D eigenvalue weighted by atomic mass is 10.2. The lowest BCUT2D eigenvalue weighted by molar-refractivity contribution is 0.102. The number of methoxy groups -OCH3 is 1. The number of carbonyl (C=O) groups is 1. The number of hydrogen-bond donors (Lipinski definition) is 1. The van der Waals surface area contributed by atoms with Crippen LogP contribution in [0.4, 0.5) is 5.13 Å². The molecule has 4 aromatic rings. The SMILES string of the molecule is COc1cccc2cc(-c3csc(NC(=O)c4ccc(Cl)cc4Cl)n3)oc12. The fourth-order valence-corrected chi connectivity index (χ4v) is 3.79. The molecule has 0 atom stereocenters. The number of hydrogen-bond acceptors (Lipinski definition) is 5. The van der Waals surface area contributed by atoms with Gasteiger partial charge in [0.25, 0.3) is 5.91 Å². The first kappa shape index (κ1) is 17.9. The van der Waals surface area contributed by atoms with Gasteiger partial charge in [-0.15, -0.1) is 11.3 Å². The van der Waals surface area contributed by atoms with E-state index in [0.29, 0.717) is 38.5 Å². The van der Waals surface area contributed by atoms with Crippen molar-refractivity contribution in [1.29, 1.82) is 0 Å². The monoisotopic (exact) mass is 418 g/mol. The molecule has 2 heterocycles. The van der Waals surface area contributed by atoms with E-state index >= 15 is 0 Å².